The van der Waals surface area contributed by atoms with E-state index >= 15 is 0 Å². The van der Waals surface area contributed by atoms with Gasteiger partial charge in [-0.25, -0.2) is 9.37 Å². The number of rotatable bonds is 6. The van der Waals surface area contributed by atoms with Crippen LogP contribution in [0.3, 0.4) is 0 Å². The quantitative estimate of drug-likeness (QED) is 0.374. The summed E-state index contributed by atoms with van der Waals surface area (Å²) in [4.78, 5) is 21.8. The van der Waals surface area contributed by atoms with Crippen molar-refractivity contribution in [3.63, 3.8) is 0 Å². The molecule has 0 aliphatic heterocycles. The number of fused-ring (bicyclic) bond motifs is 1. The number of carbonyl (C=O) groups excluding carboxylic acids is 1. The van der Waals surface area contributed by atoms with Gasteiger partial charge in [0.1, 0.15) is 11.3 Å². The zero-order chi connectivity index (χ0) is 21.4. The lowest BCUT2D eigenvalue weighted by Gasteiger charge is -2.08. The second-order valence-electron chi connectivity index (χ2n) is 7.79. The van der Waals surface area contributed by atoms with Gasteiger partial charge in [0.25, 0.3) is 0 Å². The van der Waals surface area contributed by atoms with E-state index < -0.39 is 0 Å². The number of aryl methyl sites for hydroxylation is 1. The number of Topliss-reactive ketones (excluding diaryl/α,β-unsaturated/α-hetero) is 1. The first-order chi connectivity index (χ1) is 14.3. The van der Waals surface area contributed by atoms with E-state index in [-0.39, 0.29) is 29.9 Å². The molecule has 0 amide bonds. The molecule has 4 aromatic rings. The van der Waals surface area contributed by atoms with Crippen molar-refractivity contribution in [2.24, 2.45) is 0 Å². The summed E-state index contributed by atoms with van der Waals surface area (Å²) in [6.45, 7) is 7.59. The lowest BCUT2D eigenvalue weighted by Crippen LogP contribution is -2.06. The number of carbonyl (C=O) groups is 1. The number of benzene rings is 2. The molecule has 0 saturated carbocycles. The molecule has 0 fully saturated rings. The van der Waals surface area contributed by atoms with Crippen LogP contribution in [0.4, 0.5) is 4.39 Å². The molecule has 154 valence electrons. The van der Waals surface area contributed by atoms with Gasteiger partial charge in [-0.1, -0.05) is 38.1 Å². The van der Waals surface area contributed by atoms with Gasteiger partial charge in [-0.15, -0.1) is 0 Å². The van der Waals surface area contributed by atoms with Gasteiger partial charge in [-0.05, 0) is 36.8 Å². The molecule has 0 unspecified atom stereocenters. The van der Waals surface area contributed by atoms with Crippen molar-refractivity contribution in [1.82, 2.24) is 15.1 Å². The molecule has 6 nitrogen and oxygen atoms in total. The zero-order valence-corrected chi connectivity index (χ0v) is 17.3. The molecule has 0 saturated heterocycles. The second-order valence-corrected chi connectivity index (χ2v) is 7.79. The average molecular weight is 407 g/mol. The number of hydrogen-bond acceptors (Lipinski definition) is 6. The van der Waals surface area contributed by atoms with Crippen molar-refractivity contribution in [2.45, 2.75) is 46.0 Å². The maximum absolute atomic E-state index is 13.4. The minimum Gasteiger partial charge on any atom is -0.440 e. The first kappa shape index (κ1) is 19.9. The lowest BCUT2D eigenvalue weighted by molar-refractivity contribution is 0.0971. The van der Waals surface area contributed by atoms with Crippen LogP contribution in [0.5, 0.6) is 0 Å². The van der Waals surface area contributed by atoms with Gasteiger partial charge in [0, 0.05) is 29.4 Å². The van der Waals surface area contributed by atoms with Crippen LogP contribution >= 0.6 is 0 Å². The Morgan fingerprint density at radius 1 is 1.07 bits per heavy atom. The monoisotopic (exact) mass is 407 g/mol. The fourth-order valence-corrected chi connectivity index (χ4v) is 3.30. The minimum absolute atomic E-state index is 0.0716. The lowest BCUT2D eigenvalue weighted by atomic mass is 9.95. The Balaban J connectivity index is 1.76. The van der Waals surface area contributed by atoms with E-state index in [0.717, 1.165) is 5.56 Å². The average Bonchev–Trinajstić information content (AvgIpc) is 3.34. The number of ketones is 1. The first-order valence-corrected chi connectivity index (χ1v) is 9.85. The van der Waals surface area contributed by atoms with Crippen molar-refractivity contribution in [2.75, 3.05) is 0 Å². The Hall–Kier alpha value is -3.35. The van der Waals surface area contributed by atoms with Crippen molar-refractivity contribution in [3.05, 3.63) is 65.4 Å². The van der Waals surface area contributed by atoms with E-state index in [4.69, 9.17) is 8.94 Å². The maximum atomic E-state index is 13.4. The summed E-state index contributed by atoms with van der Waals surface area (Å²) in [5, 5.41) is 3.79. The Labute approximate surface area is 173 Å². The first-order valence-electron chi connectivity index (χ1n) is 9.85. The van der Waals surface area contributed by atoms with Gasteiger partial charge in [0.15, 0.2) is 23.1 Å². The predicted molar refractivity (Wildman–Crippen MR) is 110 cm³/mol. The third-order valence-corrected chi connectivity index (χ3v) is 4.93. The number of hydrogen-bond donors (Lipinski definition) is 0. The molecule has 0 bridgehead atoms. The van der Waals surface area contributed by atoms with Gasteiger partial charge in [0.05, 0.1) is 0 Å². The van der Waals surface area contributed by atoms with Crippen molar-refractivity contribution < 1.29 is 18.1 Å². The molecule has 7 heteroatoms. The largest absolute Gasteiger partial charge is 0.440 e. The molecular formula is C23H22FN3O3. The fraction of sp³-hybridized carbons (Fsp3) is 0.304. The predicted octanol–water partition coefficient (Wildman–Crippen LogP) is 5.83. The highest BCUT2D eigenvalue weighted by Crippen LogP contribution is 2.33. The van der Waals surface area contributed by atoms with E-state index in [1.165, 1.54) is 12.1 Å². The number of nitrogens with zero attached hydrogens (tertiary/aromatic N) is 3. The minimum atomic E-state index is -0.327. The fourth-order valence-electron chi connectivity index (χ4n) is 3.30. The summed E-state index contributed by atoms with van der Waals surface area (Å²) >= 11 is 0. The van der Waals surface area contributed by atoms with Crippen LogP contribution in [0.15, 0.2) is 45.3 Å². The van der Waals surface area contributed by atoms with E-state index in [0.29, 0.717) is 39.8 Å². The van der Waals surface area contributed by atoms with Crippen LogP contribution in [-0.2, 0) is 0 Å². The molecule has 0 N–H and O–H groups in total. The second kappa shape index (κ2) is 7.82. The van der Waals surface area contributed by atoms with Gasteiger partial charge in [-0.2, -0.15) is 4.98 Å². The molecule has 2 aromatic carbocycles. The third kappa shape index (κ3) is 3.87. The Bertz CT molecular complexity index is 1210. The van der Waals surface area contributed by atoms with E-state index in [2.05, 4.69) is 15.1 Å². The van der Waals surface area contributed by atoms with Crippen LogP contribution in [0.2, 0.25) is 0 Å². The standard InChI is InChI=1S/C23H22FN3O3/c1-12(2)22-26-19-11-16(20(28)9-13(3)23-25-14(4)27-30-23)10-18(21(19)29-22)15-5-7-17(24)8-6-15/h5-8,10-13H,9H2,1-4H3/t13-/m0/s1. The molecule has 2 heterocycles. The van der Waals surface area contributed by atoms with Crippen LogP contribution < -0.4 is 0 Å². The molecule has 4 rings (SSSR count). The molecule has 0 spiro atoms. The van der Waals surface area contributed by atoms with E-state index in [1.807, 2.05) is 20.8 Å². The highest BCUT2D eigenvalue weighted by Gasteiger charge is 2.21. The van der Waals surface area contributed by atoms with E-state index in [1.54, 1.807) is 31.2 Å². The number of aromatic nitrogens is 3. The summed E-state index contributed by atoms with van der Waals surface area (Å²) in [7, 11) is 0. The van der Waals surface area contributed by atoms with Crippen LogP contribution in [0, 0.1) is 12.7 Å². The summed E-state index contributed by atoms with van der Waals surface area (Å²) in [6.07, 6.45) is 0.213. The zero-order valence-electron chi connectivity index (χ0n) is 17.3. The van der Waals surface area contributed by atoms with Crippen molar-refractivity contribution in [3.8, 4) is 11.1 Å². The van der Waals surface area contributed by atoms with Gasteiger partial charge >= 0.3 is 0 Å². The normalized spacial score (nSPS) is 12.6. The molecule has 0 aliphatic rings. The molecule has 0 aliphatic carbocycles. The van der Waals surface area contributed by atoms with Crippen LogP contribution in [-0.4, -0.2) is 20.9 Å². The van der Waals surface area contributed by atoms with Crippen LogP contribution in [0.25, 0.3) is 22.2 Å². The molecule has 2 aromatic heterocycles. The highest BCUT2D eigenvalue weighted by atomic mass is 19.1. The molecule has 0 radical (unpaired) electrons. The maximum Gasteiger partial charge on any atom is 0.229 e. The summed E-state index contributed by atoms with van der Waals surface area (Å²) < 4.78 is 24.6. The Morgan fingerprint density at radius 2 is 1.80 bits per heavy atom. The smallest absolute Gasteiger partial charge is 0.229 e. The summed E-state index contributed by atoms with van der Waals surface area (Å²) in [5.41, 5.74) is 3.15. The SMILES string of the molecule is Cc1noc([C@@H](C)CC(=O)c2cc(-c3ccc(F)cc3)c3oc(C(C)C)nc3c2)n1. The summed E-state index contributed by atoms with van der Waals surface area (Å²) in [6, 6.07) is 9.62. The highest BCUT2D eigenvalue weighted by molar-refractivity contribution is 6.03. The van der Waals surface area contributed by atoms with Gasteiger partial charge in [-0.3, -0.25) is 4.79 Å². The van der Waals surface area contributed by atoms with Gasteiger partial charge in [0.2, 0.25) is 5.89 Å². The van der Waals surface area contributed by atoms with Crippen molar-refractivity contribution >= 4 is 16.9 Å². The molecular weight excluding hydrogens is 385 g/mol. The van der Waals surface area contributed by atoms with Crippen LogP contribution in [0.1, 0.15) is 67.0 Å². The Morgan fingerprint density at radius 3 is 2.43 bits per heavy atom. The third-order valence-electron chi connectivity index (χ3n) is 4.93. The molecule has 30 heavy (non-hydrogen) atoms. The summed E-state index contributed by atoms with van der Waals surface area (Å²) in [5.74, 6) is 1.04. The van der Waals surface area contributed by atoms with Gasteiger partial charge < -0.3 is 8.94 Å². The number of oxazole rings is 1. The topological polar surface area (TPSA) is 82.0 Å². The number of halogens is 1. The van der Waals surface area contributed by atoms with E-state index in [9.17, 15) is 9.18 Å². The Kier molecular flexibility index (Phi) is 5.20. The van der Waals surface area contributed by atoms with Crippen molar-refractivity contribution in [1.29, 1.82) is 0 Å². The molecule has 1 atom stereocenters.